The van der Waals surface area contributed by atoms with Gasteiger partial charge in [0.1, 0.15) is 23.0 Å². The van der Waals surface area contributed by atoms with E-state index in [2.05, 4.69) is 4.98 Å². The summed E-state index contributed by atoms with van der Waals surface area (Å²) in [5, 5.41) is -0.167. The van der Waals surface area contributed by atoms with Gasteiger partial charge in [0, 0.05) is 19.2 Å². The van der Waals surface area contributed by atoms with Crippen molar-refractivity contribution in [1.82, 2.24) is 4.98 Å². The van der Waals surface area contributed by atoms with Crippen LogP contribution < -0.4 is 10.3 Å². The van der Waals surface area contributed by atoms with E-state index in [0.29, 0.717) is 32.4 Å². The number of benzene rings is 1. The number of ketones is 1. The summed E-state index contributed by atoms with van der Waals surface area (Å²) in [5.74, 6) is -1.91. The second-order valence-electron chi connectivity index (χ2n) is 5.14. The van der Waals surface area contributed by atoms with Gasteiger partial charge in [-0.15, -0.1) is 0 Å². The molecule has 0 unspecified atom stereocenters. The van der Waals surface area contributed by atoms with Crippen molar-refractivity contribution in [2.24, 2.45) is 0 Å². The molecular weight excluding hydrogens is 294 g/mol. The SMILES string of the molecule is CC(=O)c1c(N2CCOCC2)[nH]c2c(F)cc(F)cc2c1=O. The summed E-state index contributed by atoms with van der Waals surface area (Å²) >= 11 is 0. The number of hydrogen-bond acceptors (Lipinski definition) is 4. The van der Waals surface area contributed by atoms with E-state index in [4.69, 9.17) is 4.74 Å². The van der Waals surface area contributed by atoms with E-state index in [-0.39, 0.29) is 22.3 Å². The van der Waals surface area contributed by atoms with Gasteiger partial charge in [-0.25, -0.2) is 8.78 Å². The summed E-state index contributed by atoms with van der Waals surface area (Å²) in [7, 11) is 0. The minimum atomic E-state index is -0.864. The summed E-state index contributed by atoms with van der Waals surface area (Å²) in [6, 6.07) is 1.64. The first-order chi connectivity index (χ1) is 10.5. The van der Waals surface area contributed by atoms with Crippen LogP contribution in [-0.4, -0.2) is 37.1 Å². The number of carbonyl (C=O) groups excluding carboxylic acids is 1. The number of aromatic nitrogens is 1. The molecule has 0 amide bonds. The second kappa shape index (κ2) is 5.49. The Hall–Kier alpha value is -2.28. The van der Waals surface area contributed by atoms with Gasteiger partial charge in [-0.3, -0.25) is 9.59 Å². The number of aromatic amines is 1. The van der Waals surface area contributed by atoms with Crippen molar-refractivity contribution >= 4 is 22.5 Å². The maximum atomic E-state index is 14.0. The number of fused-ring (bicyclic) bond motifs is 1. The van der Waals surface area contributed by atoms with E-state index in [1.54, 1.807) is 4.90 Å². The van der Waals surface area contributed by atoms with Gasteiger partial charge in [0.15, 0.2) is 5.78 Å². The predicted molar refractivity (Wildman–Crippen MR) is 77.5 cm³/mol. The van der Waals surface area contributed by atoms with Crippen molar-refractivity contribution in [2.45, 2.75) is 6.92 Å². The van der Waals surface area contributed by atoms with Crippen LogP contribution in [0.4, 0.5) is 14.6 Å². The van der Waals surface area contributed by atoms with Gasteiger partial charge in [-0.05, 0) is 13.0 Å². The maximum absolute atomic E-state index is 14.0. The zero-order chi connectivity index (χ0) is 15.9. The van der Waals surface area contributed by atoms with Gasteiger partial charge in [-0.1, -0.05) is 0 Å². The molecule has 0 aliphatic carbocycles. The van der Waals surface area contributed by atoms with Crippen LogP contribution in [0.3, 0.4) is 0 Å². The van der Waals surface area contributed by atoms with Gasteiger partial charge in [0.2, 0.25) is 5.43 Å². The molecule has 1 aliphatic rings. The third-order valence-corrected chi connectivity index (χ3v) is 3.69. The lowest BCUT2D eigenvalue weighted by Gasteiger charge is -2.29. The molecule has 1 aromatic heterocycles. The lowest BCUT2D eigenvalue weighted by atomic mass is 10.1. The summed E-state index contributed by atoms with van der Waals surface area (Å²) in [4.78, 5) is 28.9. The van der Waals surface area contributed by atoms with Crippen molar-refractivity contribution in [3.8, 4) is 0 Å². The lowest BCUT2D eigenvalue weighted by molar-refractivity contribution is 0.101. The highest BCUT2D eigenvalue weighted by molar-refractivity contribution is 6.02. The minimum absolute atomic E-state index is 0.0839. The maximum Gasteiger partial charge on any atom is 0.202 e. The number of rotatable bonds is 2. The average Bonchev–Trinajstić information content (AvgIpc) is 2.48. The Labute approximate surface area is 124 Å². The van der Waals surface area contributed by atoms with Crippen molar-refractivity contribution in [2.75, 3.05) is 31.2 Å². The molecule has 0 atom stereocenters. The predicted octanol–water partition coefficient (Wildman–Crippen LogP) is 1.85. The number of halogens is 2. The van der Waals surface area contributed by atoms with Crippen molar-refractivity contribution in [1.29, 1.82) is 0 Å². The Bertz CT molecular complexity index is 811. The van der Waals surface area contributed by atoms with Gasteiger partial charge in [0.25, 0.3) is 0 Å². The van der Waals surface area contributed by atoms with Gasteiger partial charge in [0.05, 0.1) is 24.1 Å². The first kappa shape index (κ1) is 14.6. The molecule has 1 fully saturated rings. The highest BCUT2D eigenvalue weighted by atomic mass is 19.1. The molecule has 116 valence electrons. The van der Waals surface area contributed by atoms with E-state index < -0.39 is 22.8 Å². The third-order valence-electron chi connectivity index (χ3n) is 3.69. The van der Waals surface area contributed by atoms with E-state index >= 15 is 0 Å². The zero-order valence-corrected chi connectivity index (χ0v) is 11.9. The van der Waals surface area contributed by atoms with Crippen molar-refractivity contribution < 1.29 is 18.3 Å². The molecule has 22 heavy (non-hydrogen) atoms. The number of nitrogens with one attached hydrogen (secondary N) is 1. The highest BCUT2D eigenvalue weighted by Gasteiger charge is 2.23. The molecule has 0 spiro atoms. The Morgan fingerprint density at radius 3 is 2.59 bits per heavy atom. The zero-order valence-electron chi connectivity index (χ0n) is 11.9. The number of pyridine rings is 1. The van der Waals surface area contributed by atoms with Gasteiger partial charge in [-0.2, -0.15) is 0 Å². The Kier molecular flexibility index (Phi) is 3.66. The molecule has 1 aliphatic heterocycles. The number of ether oxygens (including phenoxy) is 1. The number of nitrogens with zero attached hydrogens (tertiary/aromatic N) is 1. The normalized spacial score (nSPS) is 15.3. The monoisotopic (exact) mass is 308 g/mol. The summed E-state index contributed by atoms with van der Waals surface area (Å²) in [6.45, 7) is 3.11. The molecule has 7 heteroatoms. The molecule has 2 aromatic rings. The highest BCUT2D eigenvalue weighted by Crippen LogP contribution is 2.23. The summed E-state index contributed by atoms with van der Waals surface area (Å²) in [5.41, 5.74) is -0.849. The van der Waals surface area contributed by atoms with Gasteiger partial charge >= 0.3 is 0 Å². The Morgan fingerprint density at radius 2 is 1.95 bits per heavy atom. The quantitative estimate of drug-likeness (QED) is 0.860. The number of Topliss-reactive ketones (excluding diaryl/α,β-unsaturated/α-hetero) is 1. The van der Waals surface area contributed by atoms with Crippen LogP contribution in [0.1, 0.15) is 17.3 Å². The molecule has 0 bridgehead atoms. The largest absolute Gasteiger partial charge is 0.378 e. The lowest BCUT2D eigenvalue weighted by Crippen LogP contribution is -2.39. The Balaban J connectivity index is 2.33. The Morgan fingerprint density at radius 1 is 1.27 bits per heavy atom. The number of anilines is 1. The molecule has 5 nitrogen and oxygen atoms in total. The third kappa shape index (κ3) is 2.37. The number of carbonyl (C=O) groups is 1. The summed E-state index contributed by atoms with van der Waals surface area (Å²) in [6.07, 6.45) is 0. The minimum Gasteiger partial charge on any atom is -0.378 e. The van der Waals surface area contributed by atoms with Crippen LogP contribution in [0.15, 0.2) is 16.9 Å². The molecule has 3 rings (SSSR count). The molecule has 1 N–H and O–H groups in total. The average molecular weight is 308 g/mol. The van der Waals surface area contributed by atoms with Crippen LogP contribution in [-0.2, 0) is 4.74 Å². The van der Waals surface area contributed by atoms with Crippen LogP contribution in [0.2, 0.25) is 0 Å². The molecule has 2 heterocycles. The van der Waals surface area contributed by atoms with Crippen molar-refractivity contribution in [3.05, 3.63) is 39.6 Å². The first-order valence-electron chi connectivity index (χ1n) is 6.87. The standard InChI is InChI=1S/C15H14F2N2O3/c1-8(20)12-14(21)10-6-9(16)7-11(17)13(10)18-15(12)19-2-4-22-5-3-19/h6-7H,2-5H2,1H3,(H,18,21). The summed E-state index contributed by atoms with van der Waals surface area (Å²) < 4.78 is 32.6. The second-order valence-corrected chi connectivity index (χ2v) is 5.14. The number of H-pyrrole nitrogens is 1. The molecule has 0 saturated carbocycles. The molecule has 1 aromatic carbocycles. The fourth-order valence-electron chi connectivity index (χ4n) is 2.65. The fraction of sp³-hybridized carbons (Fsp3) is 0.333. The van der Waals surface area contributed by atoms with Gasteiger partial charge < -0.3 is 14.6 Å². The fourth-order valence-corrected chi connectivity index (χ4v) is 2.65. The smallest absolute Gasteiger partial charge is 0.202 e. The van der Waals surface area contributed by atoms with E-state index in [0.717, 1.165) is 6.07 Å². The van der Waals surface area contributed by atoms with Crippen molar-refractivity contribution in [3.63, 3.8) is 0 Å². The van der Waals surface area contributed by atoms with Crippen LogP contribution in [0, 0.1) is 11.6 Å². The number of hydrogen-bond donors (Lipinski definition) is 1. The van der Waals surface area contributed by atoms with E-state index in [1.807, 2.05) is 0 Å². The van der Waals surface area contributed by atoms with E-state index in [9.17, 15) is 18.4 Å². The molecule has 0 radical (unpaired) electrons. The van der Waals surface area contributed by atoms with Crippen LogP contribution >= 0.6 is 0 Å². The van der Waals surface area contributed by atoms with Crippen LogP contribution in [0.25, 0.3) is 10.9 Å². The first-order valence-corrected chi connectivity index (χ1v) is 6.87. The van der Waals surface area contributed by atoms with E-state index in [1.165, 1.54) is 6.92 Å². The number of morpholine rings is 1. The van der Waals surface area contributed by atoms with Crippen LogP contribution in [0.5, 0.6) is 0 Å². The molecule has 1 saturated heterocycles. The molecular formula is C15H14F2N2O3. The topological polar surface area (TPSA) is 62.4 Å².